The van der Waals surface area contributed by atoms with Gasteiger partial charge in [0.05, 0.1) is 17.3 Å². The first-order valence-corrected chi connectivity index (χ1v) is 7.99. The molecule has 0 unspecified atom stereocenters. The van der Waals surface area contributed by atoms with Gasteiger partial charge in [0, 0.05) is 0 Å². The lowest BCUT2D eigenvalue weighted by Crippen LogP contribution is -2.29. The number of ether oxygens (including phenoxy) is 1. The average molecular weight is 411 g/mol. The number of aromatic nitrogens is 5. The number of nitrogens with two attached hydrogens (primary N) is 1. The molecule has 146 valence electrons. The van der Waals surface area contributed by atoms with Crippen LogP contribution in [0.1, 0.15) is 16.3 Å². The molecule has 0 aliphatic carbocycles. The highest BCUT2D eigenvalue weighted by Gasteiger charge is 2.16. The molecule has 0 radical (unpaired) electrons. The molecule has 2 heterocycles. The summed E-state index contributed by atoms with van der Waals surface area (Å²) in [7, 11) is 0. The minimum absolute atomic E-state index is 0.0166. The number of H-pyrrole nitrogens is 2. The minimum Gasteiger partial charge on any atom is -0.472 e. The van der Waals surface area contributed by atoms with E-state index in [0.717, 1.165) is 6.07 Å². The Morgan fingerprint density at radius 1 is 1.43 bits per heavy atom. The highest BCUT2D eigenvalue weighted by Crippen LogP contribution is 2.22. The molecule has 0 aliphatic heterocycles. The number of rotatable bonds is 7. The van der Waals surface area contributed by atoms with E-state index >= 15 is 0 Å². The number of amidine groups is 1. The number of halogens is 2. The minimum atomic E-state index is -0.602. The van der Waals surface area contributed by atoms with Crippen molar-refractivity contribution in [1.82, 2.24) is 30.8 Å². The van der Waals surface area contributed by atoms with Gasteiger partial charge in [-0.2, -0.15) is 0 Å². The Morgan fingerprint density at radius 2 is 2.25 bits per heavy atom. The first-order chi connectivity index (χ1) is 13.4. The van der Waals surface area contributed by atoms with Crippen molar-refractivity contribution >= 4 is 29.0 Å². The predicted molar refractivity (Wildman–Crippen MR) is 93.1 cm³/mol. The van der Waals surface area contributed by atoms with Crippen LogP contribution < -0.4 is 21.5 Å². The fourth-order valence-corrected chi connectivity index (χ4v) is 2.13. The lowest BCUT2D eigenvalue weighted by atomic mass is 10.3. The Hall–Kier alpha value is -3.74. The maximum atomic E-state index is 13.2. The summed E-state index contributed by atoms with van der Waals surface area (Å²) >= 11 is 5.69. The molecule has 3 rings (SSSR count). The van der Waals surface area contributed by atoms with Crippen molar-refractivity contribution < 1.29 is 18.6 Å². The van der Waals surface area contributed by atoms with E-state index in [2.05, 4.69) is 40.4 Å². The van der Waals surface area contributed by atoms with E-state index in [9.17, 15) is 14.0 Å². The number of nitrogens with zero attached hydrogens (tertiary/aromatic N) is 4. The van der Waals surface area contributed by atoms with Gasteiger partial charge in [0.15, 0.2) is 5.84 Å². The molecule has 0 saturated carbocycles. The van der Waals surface area contributed by atoms with Gasteiger partial charge >= 0.3 is 5.69 Å². The monoisotopic (exact) mass is 410 g/mol. The SMILES string of the molecule is NC(=Nc1ccc(F)c(Cl)c1)c1nonc1OCCNC(=O)c1n[nH]c(=O)[nH]1. The molecule has 0 fully saturated rings. The Labute approximate surface area is 159 Å². The van der Waals surface area contributed by atoms with E-state index in [1.807, 2.05) is 0 Å². The molecule has 0 aliphatic rings. The summed E-state index contributed by atoms with van der Waals surface area (Å²) < 4.78 is 23.1. The molecule has 1 aromatic carbocycles. The number of aliphatic imine (C=N–C) groups is 1. The normalized spacial score (nSPS) is 11.4. The quantitative estimate of drug-likeness (QED) is 0.241. The number of hydrogen-bond donors (Lipinski definition) is 4. The van der Waals surface area contributed by atoms with Gasteiger partial charge < -0.3 is 15.8 Å². The predicted octanol–water partition coefficient (Wildman–Crippen LogP) is 0.119. The maximum Gasteiger partial charge on any atom is 0.341 e. The highest BCUT2D eigenvalue weighted by atomic mass is 35.5. The molecular formula is C14H12ClFN8O4. The second kappa shape index (κ2) is 8.30. The van der Waals surface area contributed by atoms with Crippen LogP contribution in [-0.4, -0.2) is 50.4 Å². The van der Waals surface area contributed by atoms with Gasteiger partial charge in [-0.3, -0.25) is 9.78 Å². The van der Waals surface area contributed by atoms with E-state index in [1.54, 1.807) is 0 Å². The third kappa shape index (κ3) is 4.50. The molecule has 5 N–H and O–H groups in total. The van der Waals surface area contributed by atoms with Gasteiger partial charge in [0.2, 0.25) is 11.5 Å². The summed E-state index contributed by atoms with van der Waals surface area (Å²) in [5.41, 5.74) is 5.55. The maximum absolute atomic E-state index is 13.2. The van der Waals surface area contributed by atoms with Gasteiger partial charge in [0.1, 0.15) is 12.4 Å². The fraction of sp³-hybridized carbons (Fsp3) is 0.143. The molecule has 0 saturated heterocycles. The summed E-state index contributed by atoms with van der Waals surface area (Å²) in [6.07, 6.45) is 0. The van der Waals surface area contributed by atoms with Crippen molar-refractivity contribution in [3.63, 3.8) is 0 Å². The van der Waals surface area contributed by atoms with Crippen molar-refractivity contribution in [3.8, 4) is 5.88 Å². The van der Waals surface area contributed by atoms with Gasteiger partial charge in [-0.05, 0) is 28.5 Å². The van der Waals surface area contributed by atoms with Crippen molar-refractivity contribution in [2.75, 3.05) is 13.2 Å². The molecule has 0 bridgehead atoms. The van der Waals surface area contributed by atoms with Crippen molar-refractivity contribution in [2.45, 2.75) is 0 Å². The number of hydrogen-bond acceptors (Lipinski definition) is 8. The van der Waals surface area contributed by atoms with Crippen LogP contribution in [0.25, 0.3) is 0 Å². The van der Waals surface area contributed by atoms with Gasteiger partial charge in [-0.1, -0.05) is 11.6 Å². The number of carbonyl (C=O) groups excluding carboxylic acids is 1. The second-order valence-electron chi connectivity index (χ2n) is 5.14. The Kier molecular flexibility index (Phi) is 5.64. The standard InChI is InChI=1S/C14H12ClFN8O4/c15-7-5-6(1-2-8(7)16)19-10(17)9-13(24-28-23-9)27-4-3-18-12(25)11-20-14(26)22-21-11/h1-2,5H,3-4H2,(H2,17,19)(H,18,25)(H2,20,21,22,26). The van der Waals surface area contributed by atoms with E-state index in [4.69, 9.17) is 22.1 Å². The molecule has 2 aromatic heterocycles. The summed E-state index contributed by atoms with van der Waals surface area (Å²) in [6.45, 7) is 0.0436. The van der Waals surface area contributed by atoms with Crippen molar-refractivity contribution in [3.05, 3.63) is 51.0 Å². The average Bonchev–Trinajstić information content (AvgIpc) is 3.30. The molecule has 12 nitrogen and oxygen atoms in total. The van der Waals surface area contributed by atoms with E-state index in [1.165, 1.54) is 12.1 Å². The Morgan fingerprint density at radius 3 is 2.96 bits per heavy atom. The lowest BCUT2D eigenvalue weighted by Gasteiger charge is -2.05. The highest BCUT2D eigenvalue weighted by molar-refractivity contribution is 6.31. The van der Waals surface area contributed by atoms with Gasteiger partial charge in [-0.15, -0.1) is 5.10 Å². The molecule has 0 atom stereocenters. The van der Waals surface area contributed by atoms with E-state index in [0.29, 0.717) is 0 Å². The molecule has 28 heavy (non-hydrogen) atoms. The summed E-state index contributed by atoms with van der Waals surface area (Å²) in [6, 6.07) is 3.80. The number of nitrogens with one attached hydrogen (secondary N) is 3. The van der Waals surface area contributed by atoms with Crippen LogP contribution in [0.4, 0.5) is 10.1 Å². The Bertz CT molecular complexity index is 1080. The van der Waals surface area contributed by atoms with E-state index in [-0.39, 0.29) is 47.1 Å². The van der Waals surface area contributed by atoms with Crippen molar-refractivity contribution in [2.24, 2.45) is 10.7 Å². The van der Waals surface area contributed by atoms with Gasteiger partial charge in [0.25, 0.3) is 11.8 Å². The topological polar surface area (TPSA) is 177 Å². The molecule has 0 spiro atoms. The van der Waals surface area contributed by atoms with E-state index < -0.39 is 17.4 Å². The van der Waals surface area contributed by atoms with Crippen LogP contribution in [0.15, 0.2) is 32.6 Å². The third-order valence-electron chi connectivity index (χ3n) is 3.20. The van der Waals surface area contributed by atoms with Crippen LogP contribution >= 0.6 is 11.6 Å². The van der Waals surface area contributed by atoms with Crippen LogP contribution in [0.5, 0.6) is 5.88 Å². The third-order valence-corrected chi connectivity index (χ3v) is 3.49. The number of benzene rings is 1. The summed E-state index contributed by atoms with van der Waals surface area (Å²) in [5, 5.41) is 15.1. The smallest absolute Gasteiger partial charge is 0.341 e. The molecule has 14 heteroatoms. The van der Waals surface area contributed by atoms with Crippen molar-refractivity contribution in [1.29, 1.82) is 0 Å². The first kappa shape index (κ1) is 19.0. The van der Waals surface area contributed by atoms with Gasteiger partial charge in [-0.25, -0.2) is 23.9 Å². The molecule has 3 aromatic rings. The molecule has 1 amide bonds. The Balaban J connectivity index is 1.58. The summed E-state index contributed by atoms with van der Waals surface area (Å²) in [4.78, 5) is 28.9. The van der Waals surface area contributed by atoms with Crippen LogP contribution in [0, 0.1) is 5.82 Å². The zero-order valence-corrected chi connectivity index (χ0v) is 14.7. The van der Waals surface area contributed by atoms with Crippen LogP contribution in [-0.2, 0) is 0 Å². The zero-order valence-electron chi connectivity index (χ0n) is 13.9. The first-order valence-electron chi connectivity index (χ1n) is 7.62. The number of aromatic amines is 2. The fourth-order valence-electron chi connectivity index (χ4n) is 1.95. The lowest BCUT2D eigenvalue weighted by molar-refractivity contribution is 0.0936. The molecular weight excluding hydrogens is 399 g/mol. The van der Waals surface area contributed by atoms with Crippen LogP contribution in [0.3, 0.4) is 0 Å². The zero-order chi connectivity index (χ0) is 20.1. The second-order valence-corrected chi connectivity index (χ2v) is 5.55. The summed E-state index contributed by atoms with van der Waals surface area (Å²) in [5.74, 6) is -1.51. The number of amides is 1. The van der Waals surface area contributed by atoms with Crippen LogP contribution in [0.2, 0.25) is 5.02 Å². The largest absolute Gasteiger partial charge is 0.472 e. The number of carbonyl (C=O) groups is 1.